The van der Waals surface area contributed by atoms with Gasteiger partial charge < -0.3 is 10.4 Å². The van der Waals surface area contributed by atoms with Crippen molar-refractivity contribution in [3.63, 3.8) is 0 Å². The lowest BCUT2D eigenvalue weighted by atomic mass is 9.80. The smallest absolute Gasteiger partial charge is 0.243 e. The number of rotatable bonds is 4. The van der Waals surface area contributed by atoms with Crippen LogP contribution in [0.5, 0.6) is 0 Å². The number of fused-ring (bicyclic) bond motifs is 1. The van der Waals surface area contributed by atoms with Gasteiger partial charge in [-0.1, -0.05) is 24.4 Å². The number of nitrogens with one attached hydrogen (secondary N) is 1. The van der Waals surface area contributed by atoms with Gasteiger partial charge in [-0.15, -0.1) is 5.10 Å². The van der Waals surface area contributed by atoms with Crippen LogP contribution in [0.2, 0.25) is 5.02 Å². The number of anilines is 1. The second kappa shape index (κ2) is 5.97. The molecule has 1 fully saturated rings. The van der Waals surface area contributed by atoms with Gasteiger partial charge in [0, 0.05) is 19.3 Å². The summed E-state index contributed by atoms with van der Waals surface area (Å²) in [5.74, 6) is 1.53. The van der Waals surface area contributed by atoms with Crippen molar-refractivity contribution in [3.8, 4) is 0 Å². The molecule has 1 aliphatic rings. The highest BCUT2D eigenvalue weighted by Gasteiger charge is 2.24. The Balaban J connectivity index is 1.67. The van der Waals surface area contributed by atoms with E-state index in [0.717, 1.165) is 25.0 Å². The number of aromatic nitrogens is 3. The van der Waals surface area contributed by atoms with E-state index in [9.17, 15) is 5.11 Å². The summed E-state index contributed by atoms with van der Waals surface area (Å²) < 4.78 is 1.68. The van der Waals surface area contributed by atoms with E-state index in [1.165, 1.54) is 12.8 Å². The van der Waals surface area contributed by atoms with E-state index in [0.29, 0.717) is 22.8 Å². The first-order valence-electron chi connectivity index (χ1n) is 7.13. The third-order valence-corrected chi connectivity index (χ3v) is 4.34. The number of pyridine rings is 1. The molecule has 20 heavy (non-hydrogen) atoms. The minimum atomic E-state index is 0.278. The van der Waals surface area contributed by atoms with Gasteiger partial charge in [0.25, 0.3) is 0 Å². The van der Waals surface area contributed by atoms with Gasteiger partial charge in [0.15, 0.2) is 5.65 Å². The topological polar surface area (TPSA) is 62.5 Å². The molecule has 2 aromatic heterocycles. The molecule has 0 amide bonds. The van der Waals surface area contributed by atoms with Crippen LogP contribution in [0.3, 0.4) is 0 Å². The molecular weight excluding hydrogens is 276 g/mol. The van der Waals surface area contributed by atoms with E-state index in [1.807, 2.05) is 6.07 Å². The lowest BCUT2D eigenvalue weighted by Crippen LogP contribution is -2.28. The standard InChI is InChI=1S/C14H19ClN4O/c15-12-5-6-13-17-14(18-19(13)8-12)16-7-10-3-1-2-4-11(10)9-20/h5-6,8,10-11,20H,1-4,7,9H2,(H,16,18). The molecule has 2 atom stereocenters. The minimum Gasteiger partial charge on any atom is -0.396 e. The molecule has 1 aliphatic carbocycles. The Kier molecular flexibility index (Phi) is 4.08. The molecule has 2 heterocycles. The molecule has 0 radical (unpaired) electrons. The first kappa shape index (κ1) is 13.6. The lowest BCUT2D eigenvalue weighted by molar-refractivity contribution is 0.141. The largest absolute Gasteiger partial charge is 0.396 e. The quantitative estimate of drug-likeness (QED) is 0.910. The predicted octanol–water partition coefficient (Wildman–Crippen LogP) is 2.59. The van der Waals surface area contributed by atoms with E-state index >= 15 is 0 Å². The van der Waals surface area contributed by atoms with Gasteiger partial charge in [0.1, 0.15) is 0 Å². The fourth-order valence-corrected chi connectivity index (χ4v) is 3.10. The average Bonchev–Trinajstić information content (AvgIpc) is 2.87. The summed E-state index contributed by atoms with van der Waals surface area (Å²) in [5.41, 5.74) is 0.777. The SMILES string of the molecule is OCC1CCCCC1CNc1nc2ccc(Cl)cn2n1. The Hall–Kier alpha value is -1.33. The summed E-state index contributed by atoms with van der Waals surface area (Å²) in [6.45, 7) is 1.09. The second-order valence-electron chi connectivity index (χ2n) is 5.45. The zero-order valence-corrected chi connectivity index (χ0v) is 12.1. The van der Waals surface area contributed by atoms with Crippen molar-refractivity contribution in [1.82, 2.24) is 14.6 Å². The zero-order valence-electron chi connectivity index (χ0n) is 11.3. The van der Waals surface area contributed by atoms with Crippen molar-refractivity contribution in [3.05, 3.63) is 23.4 Å². The van der Waals surface area contributed by atoms with Gasteiger partial charge in [0.2, 0.25) is 5.95 Å². The Morgan fingerprint density at radius 2 is 2.10 bits per heavy atom. The van der Waals surface area contributed by atoms with Crippen molar-refractivity contribution in [2.75, 3.05) is 18.5 Å². The van der Waals surface area contributed by atoms with Crippen LogP contribution in [0.15, 0.2) is 18.3 Å². The molecule has 0 saturated heterocycles. The van der Waals surface area contributed by atoms with Crippen LogP contribution >= 0.6 is 11.6 Å². The third-order valence-electron chi connectivity index (χ3n) is 4.12. The van der Waals surface area contributed by atoms with E-state index in [2.05, 4.69) is 15.4 Å². The van der Waals surface area contributed by atoms with Crippen molar-refractivity contribution in [2.24, 2.45) is 11.8 Å². The normalized spacial score (nSPS) is 23.1. The van der Waals surface area contributed by atoms with Crippen LogP contribution in [0.1, 0.15) is 25.7 Å². The first-order chi connectivity index (χ1) is 9.76. The van der Waals surface area contributed by atoms with Crippen molar-refractivity contribution < 1.29 is 5.11 Å². The molecular formula is C14H19ClN4O. The van der Waals surface area contributed by atoms with Gasteiger partial charge in [-0.3, -0.25) is 0 Å². The molecule has 2 unspecified atom stereocenters. The Morgan fingerprint density at radius 1 is 1.30 bits per heavy atom. The van der Waals surface area contributed by atoms with Crippen molar-refractivity contribution in [2.45, 2.75) is 25.7 Å². The molecule has 6 heteroatoms. The fourth-order valence-electron chi connectivity index (χ4n) is 2.95. The lowest BCUT2D eigenvalue weighted by Gasteiger charge is -2.30. The Morgan fingerprint density at radius 3 is 2.90 bits per heavy atom. The molecule has 0 spiro atoms. The van der Waals surface area contributed by atoms with E-state index in [4.69, 9.17) is 11.6 Å². The molecule has 108 valence electrons. The van der Waals surface area contributed by atoms with Crippen LogP contribution in [0, 0.1) is 11.8 Å². The monoisotopic (exact) mass is 294 g/mol. The molecule has 5 nitrogen and oxygen atoms in total. The molecule has 0 bridgehead atoms. The van der Waals surface area contributed by atoms with Gasteiger partial charge in [0.05, 0.1) is 5.02 Å². The van der Waals surface area contributed by atoms with Crippen molar-refractivity contribution >= 4 is 23.2 Å². The maximum absolute atomic E-state index is 9.43. The molecule has 2 N–H and O–H groups in total. The number of aliphatic hydroxyl groups is 1. The summed E-state index contributed by atoms with van der Waals surface area (Å²) in [7, 11) is 0. The van der Waals surface area contributed by atoms with Gasteiger partial charge in [-0.25, -0.2) is 4.52 Å². The third kappa shape index (κ3) is 2.88. The number of halogens is 1. The van der Waals surface area contributed by atoms with Crippen LogP contribution in [0.4, 0.5) is 5.95 Å². The summed E-state index contributed by atoms with van der Waals surface area (Å²) >= 11 is 5.93. The number of aliphatic hydroxyl groups excluding tert-OH is 1. The van der Waals surface area contributed by atoms with Crippen LogP contribution in [-0.4, -0.2) is 32.9 Å². The summed E-state index contributed by atoms with van der Waals surface area (Å²) in [4.78, 5) is 4.41. The maximum atomic E-state index is 9.43. The van der Waals surface area contributed by atoms with Gasteiger partial charge in [-0.2, -0.15) is 4.98 Å². The highest BCUT2D eigenvalue weighted by molar-refractivity contribution is 6.30. The van der Waals surface area contributed by atoms with Crippen LogP contribution in [-0.2, 0) is 0 Å². The molecule has 1 saturated carbocycles. The number of hydrogen-bond acceptors (Lipinski definition) is 4. The summed E-state index contributed by atoms with van der Waals surface area (Å²) in [6, 6.07) is 3.65. The highest BCUT2D eigenvalue weighted by Crippen LogP contribution is 2.29. The zero-order chi connectivity index (χ0) is 13.9. The fraction of sp³-hybridized carbons (Fsp3) is 0.571. The van der Waals surface area contributed by atoms with E-state index in [1.54, 1.807) is 16.8 Å². The number of nitrogens with zero attached hydrogens (tertiary/aromatic N) is 3. The molecule has 0 aliphatic heterocycles. The van der Waals surface area contributed by atoms with Crippen LogP contribution < -0.4 is 5.32 Å². The highest BCUT2D eigenvalue weighted by atomic mass is 35.5. The molecule has 2 aromatic rings. The summed E-state index contributed by atoms with van der Waals surface area (Å²) in [5, 5.41) is 17.7. The van der Waals surface area contributed by atoms with Crippen molar-refractivity contribution in [1.29, 1.82) is 0 Å². The number of hydrogen-bond donors (Lipinski definition) is 2. The molecule has 0 aromatic carbocycles. The summed E-state index contributed by atoms with van der Waals surface area (Å²) in [6.07, 6.45) is 6.50. The Labute approximate surface area is 123 Å². The minimum absolute atomic E-state index is 0.278. The van der Waals surface area contributed by atoms with Gasteiger partial charge in [-0.05, 0) is 36.8 Å². The maximum Gasteiger partial charge on any atom is 0.243 e. The predicted molar refractivity (Wildman–Crippen MR) is 79.0 cm³/mol. The van der Waals surface area contributed by atoms with E-state index < -0.39 is 0 Å². The Bertz CT molecular complexity index is 586. The van der Waals surface area contributed by atoms with Gasteiger partial charge >= 0.3 is 0 Å². The second-order valence-corrected chi connectivity index (χ2v) is 5.89. The first-order valence-corrected chi connectivity index (χ1v) is 7.51. The van der Waals surface area contributed by atoms with Crippen LogP contribution in [0.25, 0.3) is 5.65 Å². The van der Waals surface area contributed by atoms with E-state index in [-0.39, 0.29) is 6.61 Å². The average molecular weight is 295 g/mol. The molecule has 3 rings (SSSR count).